The van der Waals surface area contributed by atoms with Gasteiger partial charge in [-0.15, -0.1) is 0 Å². The highest BCUT2D eigenvalue weighted by Gasteiger charge is 2.22. The van der Waals surface area contributed by atoms with Crippen LogP contribution in [0.3, 0.4) is 0 Å². The van der Waals surface area contributed by atoms with Crippen molar-refractivity contribution in [3.05, 3.63) is 59.4 Å². The van der Waals surface area contributed by atoms with Crippen LogP contribution in [-0.4, -0.2) is 31.2 Å². The molecule has 1 aromatic carbocycles. The van der Waals surface area contributed by atoms with Crippen LogP contribution in [0.25, 0.3) is 0 Å². The highest BCUT2D eigenvalue weighted by Crippen LogP contribution is 2.19. The second-order valence-electron chi connectivity index (χ2n) is 4.50. The van der Waals surface area contributed by atoms with Gasteiger partial charge in [-0.05, 0) is 18.1 Å². The minimum atomic E-state index is -3.83. The third-order valence-corrected chi connectivity index (χ3v) is 4.88. The Bertz CT molecular complexity index is 692. The summed E-state index contributed by atoms with van der Waals surface area (Å²) in [5, 5.41) is 9.48. The second kappa shape index (κ2) is 7.00. The number of rotatable bonds is 6. The second-order valence-corrected chi connectivity index (χ2v) is 6.59. The smallest absolute Gasteiger partial charge is 0.243 e. The standard InChI is InChI=1S/C14H15ClN2O3S/c15-13-6-7-16-9-14(13)21(19,20)17-12(10-18)8-11-4-2-1-3-5-11/h1-7,9,12,17-18H,8,10H2/t12-/m1/s1. The molecule has 1 aromatic heterocycles. The van der Waals surface area contributed by atoms with Crippen LogP contribution in [0.15, 0.2) is 53.7 Å². The Labute approximate surface area is 128 Å². The SMILES string of the molecule is O=S(=O)(N[C@@H](CO)Cc1ccccc1)c1cnccc1Cl. The summed E-state index contributed by atoms with van der Waals surface area (Å²) in [5.41, 5.74) is 0.927. The Morgan fingerprint density at radius 2 is 1.95 bits per heavy atom. The third-order valence-electron chi connectivity index (χ3n) is 2.89. The molecule has 0 unspecified atom stereocenters. The number of hydrogen-bond acceptors (Lipinski definition) is 4. The van der Waals surface area contributed by atoms with Crippen LogP contribution >= 0.6 is 11.6 Å². The van der Waals surface area contributed by atoms with Crippen molar-refractivity contribution in [3.63, 3.8) is 0 Å². The van der Waals surface area contributed by atoms with Crippen molar-refractivity contribution >= 4 is 21.6 Å². The summed E-state index contributed by atoms with van der Waals surface area (Å²) in [7, 11) is -3.83. The predicted molar refractivity (Wildman–Crippen MR) is 80.6 cm³/mol. The van der Waals surface area contributed by atoms with Gasteiger partial charge in [-0.25, -0.2) is 13.1 Å². The number of sulfonamides is 1. The molecule has 5 nitrogen and oxygen atoms in total. The fourth-order valence-electron chi connectivity index (χ4n) is 1.89. The van der Waals surface area contributed by atoms with E-state index in [0.717, 1.165) is 5.56 Å². The number of benzene rings is 1. The van der Waals surface area contributed by atoms with Crippen molar-refractivity contribution in [2.45, 2.75) is 17.4 Å². The van der Waals surface area contributed by atoms with Crippen LogP contribution in [-0.2, 0) is 16.4 Å². The van der Waals surface area contributed by atoms with E-state index < -0.39 is 16.1 Å². The topological polar surface area (TPSA) is 79.3 Å². The van der Waals surface area contributed by atoms with E-state index in [2.05, 4.69) is 9.71 Å². The first-order valence-electron chi connectivity index (χ1n) is 6.29. The van der Waals surface area contributed by atoms with Gasteiger partial charge in [0.1, 0.15) is 4.90 Å². The molecular formula is C14H15ClN2O3S. The minimum absolute atomic E-state index is 0.0916. The number of pyridine rings is 1. The van der Waals surface area contributed by atoms with Crippen molar-refractivity contribution in [2.75, 3.05) is 6.61 Å². The van der Waals surface area contributed by atoms with Crippen LogP contribution < -0.4 is 4.72 Å². The van der Waals surface area contributed by atoms with E-state index in [4.69, 9.17) is 11.6 Å². The number of aliphatic hydroxyl groups excluding tert-OH is 1. The lowest BCUT2D eigenvalue weighted by Gasteiger charge is -2.17. The molecule has 2 N–H and O–H groups in total. The van der Waals surface area contributed by atoms with Gasteiger partial charge in [-0.3, -0.25) is 4.98 Å². The Morgan fingerprint density at radius 3 is 2.57 bits per heavy atom. The Kier molecular flexibility index (Phi) is 5.30. The van der Waals surface area contributed by atoms with Gasteiger partial charge in [0.25, 0.3) is 0 Å². The maximum Gasteiger partial charge on any atom is 0.243 e. The molecule has 112 valence electrons. The molecule has 21 heavy (non-hydrogen) atoms. The molecule has 0 saturated heterocycles. The number of halogens is 1. The van der Waals surface area contributed by atoms with Gasteiger partial charge in [0.15, 0.2) is 0 Å². The normalized spacial score (nSPS) is 13.0. The molecule has 0 aliphatic heterocycles. The summed E-state index contributed by atoms with van der Waals surface area (Å²) in [4.78, 5) is 3.66. The first-order valence-corrected chi connectivity index (χ1v) is 8.15. The van der Waals surface area contributed by atoms with Crippen LogP contribution in [0.1, 0.15) is 5.56 Å². The molecule has 2 aromatic rings. The number of aromatic nitrogens is 1. The quantitative estimate of drug-likeness (QED) is 0.845. The molecule has 2 rings (SSSR count). The van der Waals surface area contributed by atoms with Gasteiger partial charge in [-0.2, -0.15) is 0 Å². The van der Waals surface area contributed by atoms with Crippen molar-refractivity contribution in [2.24, 2.45) is 0 Å². The Morgan fingerprint density at radius 1 is 1.24 bits per heavy atom. The molecule has 0 radical (unpaired) electrons. The molecule has 0 amide bonds. The summed E-state index contributed by atoms with van der Waals surface area (Å²) in [6.45, 7) is -0.313. The Hall–Kier alpha value is -1.47. The number of hydrogen-bond donors (Lipinski definition) is 2. The molecule has 0 bridgehead atoms. The molecule has 0 aliphatic rings. The van der Waals surface area contributed by atoms with Gasteiger partial charge >= 0.3 is 0 Å². The van der Waals surface area contributed by atoms with E-state index in [-0.39, 0.29) is 16.5 Å². The third kappa shape index (κ3) is 4.25. The molecule has 1 heterocycles. The lowest BCUT2D eigenvalue weighted by Crippen LogP contribution is -2.39. The first kappa shape index (κ1) is 15.9. The largest absolute Gasteiger partial charge is 0.395 e. The zero-order chi connectivity index (χ0) is 15.3. The number of nitrogens with zero attached hydrogens (tertiary/aromatic N) is 1. The van der Waals surface area contributed by atoms with Crippen LogP contribution in [0, 0.1) is 0 Å². The molecule has 0 fully saturated rings. The van der Waals surface area contributed by atoms with Gasteiger partial charge in [-0.1, -0.05) is 41.9 Å². The van der Waals surface area contributed by atoms with Crippen LogP contribution in [0.5, 0.6) is 0 Å². The van der Waals surface area contributed by atoms with Gasteiger partial charge in [0.05, 0.1) is 11.6 Å². The van der Waals surface area contributed by atoms with E-state index in [1.165, 1.54) is 18.5 Å². The summed E-state index contributed by atoms with van der Waals surface area (Å²) in [6, 6.07) is 10.1. The summed E-state index contributed by atoms with van der Waals surface area (Å²) in [5.74, 6) is 0. The van der Waals surface area contributed by atoms with Crippen LogP contribution in [0.4, 0.5) is 0 Å². The van der Waals surface area contributed by atoms with Crippen molar-refractivity contribution < 1.29 is 13.5 Å². The fraction of sp³-hybridized carbons (Fsp3) is 0.214. The zero-order valence-corrected chi connectivity index (χ0v) is 12.7. The summed E-state index contributed by atoms with van der Waals surface area (Å²) < 4.78 is 27.0. The monoisotopic (exact) mass is 326 g/mol. The predicted octanol–water partition coefficient (Wildman–Crippen LogP) is 1.62. The zero-order valence-electron chi connectivity index (χ0n) is 11.1. The lowest BCUT2D eigenvalue weighted by atomic mass is 10.1. The van der Waals surface area contributed by atoms with Gasteiger partial charge in [0.2, 0.25) is 10.0 Å². The average molecular weight is 327 g/mol. The molecule has 0 aliphatic carbocycles. The maximum atomic E-state index is 12.3. The minimum Gasteiger partial charge on any atom is -0.395 e. The van der Waals surface area contributed by atoms with Gasteiger partial charge in [0, 0.05) is 18.4 Å². The van der Waals surface area contributed by atoms with E-state index in [1.807, 2.05) is 30.3 Å². The van der Waals surface area contributed by atoms with Crippen molar-refractivity contribution in [1.82, 2.24) is 9.71 Å². The summed E-state index contributed by atoms with van der Waals surface area (Å²) in [6.07, 6.45) is 2.98. The molecular weight excluding hydrogens is 312 g/mol. The highest BCUT2D eigenvalue weighted by molar-refractivity contribution is 7.89. The van der Waals surface area contributed by atoms with Crippen LogP contribution in [0.2, 0.25) is 5.02 Å². The Balaban J connectivity index is 2.16. The van der Waals surface area contributed by atoms with E-state index in [0.29, 0.717) is 6.42 Å². The summed E-state index contributed by atoms with van der Waals surface area (Å²) >= 11 is 5.87. The average Bonchev–Trinajstić information content (AvgIpc) is 2.47. The lowest BCUT2D eigenvalue weighted by molar-refractivity contribution is 0.256. The molecule has 1 atom stereocenters. The fourth-order valence-corrected chi connectivity index (χ4v) is 3.54. The number of nitrogens with one attached hydrogen (secondary N) is 1. The van der Waals surface area contributed by atoms with E-state index in [9.17, 15) is 13.5 Å². The maximum absolute atomic E-state index is 12.3. The molecule has 0 spiro atoms. The van der Waals surface area contributed by atoms with E-state index >= 15 is 0 Å². The highest BCUT2D eigenvalue weighted by atomic mass is 35.5. The van der Waals surface area contributed by atoms with Gasteiger partial charge < -0.3 is 5.11 Å². The van der Waals surface area contributed by atoms with E-state index in [1.54, 1.807) is 0 Å². The van der Waals surface area contributed by atoms with Crippen molar-refractivity contribution in [3.8, 4) is 0 Å². The number of aliphatic hydroxyl groups is 1. The first-order chi connectivity index (χ1) is 10.0. The van der Waals surface area contributed by atoms with Crippen molar-refractivity contribution in [1.29, 1.82) is 0 Å². The molecule has 7 heteroatoms. The molecule has 0 saturated carbocycles.